The lowest BCUT2D eigenvalue weighted by Crippen LogP contribution is -2.57. The molecule has 1 fully saturated rings. The Morgan fingerprint density at radius 2 is 1.90 bits per heavy atom. The van der Waals surface area contributed by atoms with E-state index in [-0.39, 0.29) is 17.0 Å². The van der Waals surface area contributed by atoms with Gasteiger partial charge in [0.05, 0.1) is 18.3 Å². The van der Waals surface area contributed by atoms with Crippen LogP contribution in [0.3, 0.4) is 0 Å². The number of hydrogen-bond acceptors (Lipinski definition) is 7. The summed E-state index contributed by atoms with van der Waals surface area (Å²) < 4.78 is 14.9. The summed E-state index contributed by atoms with van der Waals surface area (Å²) in [5, 5.41) is 0.749. The van der Waals surface area contributed by atoms with E-state index >= 15 is 0 Å². The Hall–Kier alpha value is -1.34. The molecule has 2 rings (SSSR count). The van der Waals surface area contributed by atoms with E-state index in [1.807, 2.05) is 27.7 Å². The van der Waals surface area contributed by atoms with Crippen LogP contribution in [0.4, 0.5) is 10.8 Å². The Bertz CT molecular complexity index is 509. The first kappa shape index (κ1) is 15.1. The van der Waals surface area contributed by atoms with Crippen LogP contribution in [0.2, 0.25) is 0 Å². The third-order valence-corrected chi connectivity index (χ3v) is 4.00. The average molecular weight is 299 g/mol. The molecule has 0 radical (unpaired) electrons. The molecule has 0 aliphatic carbocycles. The highest BCUT2D eigenvalue weighted by Crippen LogP contribution is 2.37. The highest BCUT2D eigenvalue weighted by Gasteiger charge is 2.40. The molecule has 112 valence electrons. The molecule has 6 nitrogen and oxygen atoms in total. The van der Waals surface area contributed by atoms with Crippen LogP contribution in [0, 0.1) is 0 Å². The molecule has 0 spiro atoms. The highest BCUT2D eigenvalue weighted by molar-refractivity contribution is 7.11. The van der Waals surface area contributed by atoms with Gasteiger partial charge in [-0.3, -0.25) is 0 Å². The van der Waals surface area contributed by atoms with Crippen LogP contribution in [-0.2, 0) is 9.47 Å². The second-order valence-electron chi connectivity index (χ2n) is 6.22. The van der Waals surface area contributed by atoms with Gasteiger partial charge in [0.2, 0.25) is 0 Å². The van der Waals surface area contributed by atoms with Crippen LogP contribution >= 0.6 is 11.5 Å². The molecule has 0 unspecified atom stereocenters. The van der Waals surface area contributed by atoms with E-state index < -0.39 is 5.97 Å². The second kappa shape index (κ2) is 4.89. The van der Waals surface area contributed by atoms with Gasteiger partial charge >= 0.3 is 5.97 Å². The Morgan fingerprint density at radius 3 is 2.40 bits per heavy atom. The summed E-state index contributed by atoms with van der Waals surface area (Å²) in [6.45, 7) is 9.46. The molecule has 2 heterocycles. The summed E-state index contributed by atoms with van der Waals surface area (Å²) >= 11 is 1.22. The standard InChI is InChI=1S/C13H21N3O3S/c1-12(2)6-16(7-13(3,4)19-12)10-8(11(17)18-5)9(14)15-20-10/h6-7H2,1-5H3,(H2,14,15). The number of carbonyl (C=O) groups excluding carboxylic acids is 1. The first-order valence-corrected chi connectivity index (χ1v) is 7.21. The van der Waals surface area contributed by atoms with Crippen molar-refractivity contribution in [1.29, 1.82) is 0 Å². The van der Waals surface area contributed by atoms with Crippen LogP contribution < -0.4 is 10.6 Å². The van der Waals surface area contributed by atoms with Crippen molar-refractivity contribution in [3.63, 3.8) is 0 Å². The molecule has 1 aromatic heterocycles. The maximum absolute atomic E-state index is 11.9. The van der Waals surface area contributed by atoms with Gasteiger partial charge < -0.3 is 20.1 Å². The minimum atomic E-state index is -0.451. The number of nitrogens with zero attached hydrogens (tertiary/aromatic N) is 2. The van der Waals surface area contributed by atoms with Gasteiger partial charge in [0.25, 0.3) is 0 Å². The van der Waals surface area contributed by atoms with Crippen LogP contribution in [0.1, 0.15) is 38.1 Å². The van der Waals surface area contributed by atoms with E-state index in [2.05, 4.69) is 9.27 Å². The third kappa shape index (κ3) is 2.88. The number of morpholine rings is 1. The molecule has 7 heteroatoms. The number of ether oxygens (including phenoxy) is 2. The SMILES string of the molecule is COC(=O)c1c(N)nsc1N1CC(C)(C)OC(C)(C)C1. The highest BCUT2D eigenvalue weighted by atomic mass is 32.1. The number of nitrogen functional groups attached to an aromatic ring is 1. The van der Waals surface area contributed by atoms with Crippen molar-refractivity contribution in [3.8, 4) is 0 Å². The quantitative estimate of drug-likeness (QED) is 0.840. The Morgan fingerprint density at radius 1 is 1.35 bits per heavy atom. The number of hydrogen-bond donors (Lipinski definition) is 1. The smallest absolute Gasteiger partial charge is 0.344 e. The van der Waals surface area contributed by atoms with Crippen LogP contribution in [0.25, 0.3) is 0 Å². The summed E-state index contributed by atoms with van der Waals surface area (Å²) in [7, 11) is 1.34. The average Bonchev–Trinajstić information content (AvgIpc) is 2.66. The van der Waals surface area contributed by atoms with Crippen molar-refractivity contribution >= 4 is 28.3 Å². The van der Waals surface area contributed by atoms with Gasteiger partial charge in [-0.25, -0.2) is 4.79 Å². The van der Waals surface area contributed by atoms with E-state index in [4.69, 9.17) is 15.2 Å². The normalized spacial score (nSPS) is 20.8. The molecular formula is C13H21N3O3S. The molecule has 1 aromatic rings. The van der Waals surface area contributed by atoms with Gasteiger partial charge in [-0.15, -0.1) is 0 Å². The number of aromatic nitrogens is 1. The first-order valence-electron chi connectivity index (χ1n) is 6.44. The van der Waals surface area contributed by atoms with E-state index in [9.17, 15) is 4.79 Å². The fraction of sp³-hybridized carbons (Fsp3) is 0.692. The Balaban J connectivity index is 2.39. The fourth-order valence-electron chi connectivity index (χ4n) is 2.73. The van der Waals surface area contributed by atoms with Gasteiger partial charge in [-0.1, -0.05) is 0 Å². The van der Waals surface area contributed by atoms with Gasteiger partial charge in [-0.2, -0.15) is 4.37 Å². The van der Waals surface area contributed by atoms with Gasteiger partial charge in [0.1, 0.15) is 10.6 Å². The fourth-order valence-corrected chi connectivity index (χ4v) is 3.53. The number of carbonyl (C=O) groups is 1. The molecule has 0 aromatic carbocycles. The number of rotatable bonds is 2. The lowest BCUT2D eigenvalue weighted by atomic mass is 9.99. The topological polar surface area (TPSA) is 77.7 Å². The van der Waals surface area contributed by atoms with E-state index in [1.54, 1.807) is 0 Å². The summed E-state index contributed by atoms with van der Waals surface area (Å²) in [4.78, 5) is 14.0. The Kier molecular flexibility index (Phi) is 3.68. The van der Waals surface area contributed by atoms with Gasteiger partial charge in [0.15, 0.2) is 5.82 Å². The summed E-state index contributed by atoms with van der Waals surface area (Å²) in [6.07, 6.45) is 0. The van der Waals surface area contributed by atoms with Crippen molar-refractivity contribution in [1.82, 2.24) is 4.37 Å². The number of methoxy groups -OCH3 is 1. The molecule has 0 bridgehead atoms. The zero-order chi connectivity index (χ0) is 15.1. The largest absolute Gasteiger partial charge is 0.465 e. The molecule has 1 saturated heterocycles. The predicted molar refractivity (Wildman–Crippen MR) is 79.3 cm³/mol. The second-order valence-corrected chi connectivity index (χ2v) is 6.97. The lowest BCUT2D eigenvalue weighted by molar-refractivity contribution is -0.132. The van der Waals surface area contributed by atoms with Crippen molar-refractivity contribution in [2.75, 3.05) is 30.8 Å². The number of esters is 1. The molecule has 0 saturated carbocycles. The minimum Gasteiger partial charge on any atom is -0.465 e. The van der Waals surface area contributed by atoms with Crippen molar-refractivity contribution in [2.45, 2.75) is 38.9 Å². The van der Waals surface area contributed by atoms with Crippen molar-refractivity contribution in [2.24, 2.45) is 0 Å². The van der Waals surface area contributed by atoms with E-state index in [0.29, 0.717) is 18.7 Å². The molecule has 2 N–H and O–H groups in total. The van der Waals surface area contributed by atoms with Crippen LogP contribution in [-0.4, -0.2) is 41.7 Å². The summed E-state index contributed by atoms with van der Waals surface area (Å²) in [6, 6.07) is 0. The van der Waals surface area contributed by atoms with Crippen molar-refractivity contribution in [3.05, 3.63) is 5.56 Å². The third-order valence-electron chi connectivity index (χ3n) is 3.07. The molecule has 1 aliphatic rings. The van der Waals surface area contributed by atoms with Crippen molar-refractivity contribution < 1.29 is 14.3 Å². The molecule has 20 heavy (non-hydrogen) atoms. The van der Waals surface area contributed by atoms with Gasteiger partial charge in [0, 0.05) is 13.1 Å². The lowest BCUT2D eigenvalue weighted by Gasteiger charge is -2.47. The number of nitrogens with two attached hydrogens (primary N) is 1. The molecule has 1 aliphatic heterocycles. The Labute approximate surface area is 123 Å². The summed E-state index contributed by atoms with van der Waals surface area (Å²) in [5.41, 5.74) is 5.53. The monoisotopic (exact) mass is 299 g/mol. The maximum Gasteiger partial charge on any atom is 0.344 e. The first-order chi connectivity index (χ1) is 9.15. The molecule has 0 amide bonds. The molecule has 0 atom stereocenters. The molecular weight excluding hydrogens is 278 g/mol. The zero-order valence-corrected chi connectivity index (χ0v) is 13.3. The maximum atomic E-state index is 11.9. The van der Waals surface area contributed by atoms with E-state index in [1.165, 1.54) is 18.6 Å². The predicted octanol–water partition coefficient (Wildman–Crippen LogP) is 1.91. The van der Waals surface area contributed by atoms with E-state index in [0.717, 1.165) is 5.00 Å². The number of anilines is 2. The summed E-state index contributed by atoms with van der Waals surface area (Å²) in [5.74, 6) is -0.229. The minimum absolute atomic E-state index is 0.221. The van der Waals surface area contributed by atoms with Crippen LogP contribution in [0.5, 0.6) is 0 Å². The van der Waals surface area contributed by atoms with Crippen LogP contribution in [0.15, 0.2) is 0 Å². The van der Waals surface area contributed by atoms with Gasteiger partial charge in [-0.05, 0) is 39.2 Å². The zero-order valence-electron chi connectivity index (χ0n) is 12.5.